The van der Waals surface area contributed by atoms with Crippen molar-refractivity contribution in [1.82, 2.24) is 9.80 Å². The number of carbonyl (C=O) groups excluding carboxylic acids is 1. The Labute approximate surface area is 173 Å². The highest BCUT2D eigenvalue weighted by Gasteiger charge is 2.26. The van der Waals surface area contributed by atoms with E-state index in [1.54, 1.807) is 4.90 Å². The fourth-order valence-electron chi connectivity index (χ4n) is 3.75. The Morgan fingerprint density at radius 1 is 1.07 bits per heavy atom. The van der Waals surface area contributed by atoms with Gasteiger partial charge in [0.25, 0.3) is 5.91 Å². The molecule has 0 aliphatic carbocycles. The molecule has 0 spiro atoms. The molecule has 1 amide bonds. The number of carbonyl (C=O) groups is 1. The van der Waals surface area contributed by atoms with Crippen molar-refractivity contribution < 1.29 is 9.21 Å². The lowest BCUT2D eigenvalue weighted by atomic mass is 10.0. The predicted molar refractivity (Wildman–Crippen MR) is 115 cm³/mol. The molecular formula is C24H32N2O3. The Morgan fingerprint density at radius 2 is 1.76 bits per heavy atom. The molecule has 3 rings (SSSR count). The number of amides is 1. The zero-order valence-corrected chi connectivity index (χ0v) is 17.8. The lowest BCUT2D eigenvalue weighted by Crippen LogP contribution is -2.50. The molecule has 156 valence electrons. The van der Waals surface area contributed by atoms with E-state index in [1.165, 1.54) is 5.56 Å². The van der Waals surface area contributed by atoms with E-state index in [1.807, 2.05) is 19.1 Å². The molecule has 1 aliphatic rings. The van der Waals surface area contributed by atoms with Crippen LogP contribution in [0.2, 0.25) is 0 Å². The first-order valence-corrected chi connectivity index (χ1v) is 10.6. The van der Waals surface area contributed by atoms with Gasteiger partial charge >= 0.3 is 5.63 Å². The minimum absolute atomic E-state index is 0.191. The minimum Gasteiger partial charge on any atom is -0.427 e. The van der Waals surface area contributed by atoms with Crippen LogP contribution in [0.4, 0.5) is 0 Å². The van der Waals surface area contributed by atoms with Crippen LogP contribution < -0.4 is 5.63 Å². The van der Waals surface area contributed by atoms with Gasteiger partial charge in [-0.05, 0) is 42.9 Å². The van der Waals surface area contributed by atoms with Crippen LogP contribution in [0.25, 0.3) is 0 Å². The molecule has 1 aliphatic heterocycles. The number of aryl methyl sites for hydroxylation is 2. The summed E-state index contributed by atoms with van der Waals surface area (Å²) in [5.74, 6) is 1.01. The highest BCUT2D eigenvalue weighted by atomic mass is 16.4. The predicted octanol–water partition coefficient (Wildman–Crippen LogP) is 3.54. The second-order valence-electron chi connectivity index (χ2n) is 8.36. The van der Waals surface area contributed by atoms with E-state index < -0.39 is 5.63 Å². The molecule has 0 unspecified atom stereocenters. The van der Waals surface area contributed by atoms with E-state index in [4.69, 9.17) is 4.42 Å². The third-order valence-corrected chi connectivity index (χ3v) is 5.60. The topological polar surface area (TPSA) is 53.8 Å². The molecule has 2 aromatic rings. The maximum atomic E-state index is 13.0. The summed E-state index contributed by atoms with van der Waals surface area (Å²) in [4.78, 5) is 29.6. The van der Waals surface area contributed by atoms with Crippen LogP contribution in [0.3, 0.4) is 0 Å². The quantitative estimate of drug-likeness (QED) is 0.718. The van der Waals surface area contributed by atoms with E-state index >= 15 is 0 Å². The van der Waals surface area contributed by atoms with Gasteiger partial charge in [-0.25, -0.2) is 4.79 Å². The first-order valence-electron chi connectivity index (χ1n) is 10.6. The highest BCUT2D eigenvalue weighted by molar-refractivity contribution is 5.95. The summed E-state index contributed by atoms with van der Waals surface area (Å²) in [6.45, 7) is 10.0. The molecule has 2 heterocycles. The average molecular weight is 397 g/mol. The van der Waals surface area contributed by atoms with Gasteiger partial charge < -0.3 is 9.32 Å². The smallest absolute Gasteiger partial charge is 0.349 e. The second kappa shape index (κ2) is 9.88. The van der Waals surface area contributed by atoms with Gasteiger partial charge in [-0.2, -0.15) is 0 Å². The van der Waals surface area contributed by atoms with Gasteiger partial charge in [0, 0.05) is 39.1 Å². The van der Waals surface area contributed by atoms with Crippen LogP contribution in [0.5, 0.6) is 0 Å². The molecule has 5 nitrogen and oxygen atoms in total. The maximum absolute atomic E-state index is 13.0. The molecule has 0 saturated carbocycles. The Hall–Kier alpha value is -2.40. The maximum Gasteiger partial charge on any atom is 0.349 e. The highest BCUT2D eigenvalue weighted by Crippen LogP contribution is 2.15. The van der Waals surface area contributed by atoms with Gasteiger partial charge in [0.15, 0.2) is 0 Å². The summed E-state index contributed by atoms with van der Waals surface area (Å²) in [7, 11) is 0. The van der Waals surface area contributed by atoms with E-state index in [-0.39, 0.29) is 11.5 Å². The van der Waals surface area contributed by atoms with Crippen LogP contribution in [0.1, 0.15) is 47.5 Å². The molecule has 1 aromatic carbocycles. The number of hydrogen-bond acceptors (Lipinski definition) is 4. The van der Waals surface area contributed by atoms with E-state index in [0.717, 1.165) is 44.5 Å². The second-order valence-corrected chi connectivity index (χ2v) is 8.36. The Bertz CT molecular complexity index is 865. The molecule has 5 heteroatoms. The molecular weight excluding hydrogens is 364 g/mol. The zero-order valence-electron chi connectivity index (χ0n) is 17.8. The summed E-state index contributed by atoms with van der Waals surface area (Å²) in [6, 6.07) is 12.3. The van der Waals surface area contributed by atoms with Crippen molar-refractivity contribution in [1.29, 1.82) is 0 Å². The summed E-state index contributed by atoms with van der Waals surface area (Å²) in [5.41, 5.74) is 1.74. The van der Waals surface area contributed by atoms with Gasteiger partial charge in [-0.3, -0.25) is 9.69 Å². The van der Waals surface area contributed by atoms with Crippen molar-refractivity contribution >= 4 is 5.91 Å². The number of piperazine rings is 1. The summed E-state index contributed by atoms with van der Waals surface area (Å²) in [6.07, 6.45) is 2.69. The third-order valence-electron chi connectivity index (χ3n) is 5.60. The normalized spacial score (nSPS) is 15.1. The lowest BCUT2D eigenvalue weighted by molar-refractivity contribution is 0.0633. The summed E-state index contributed by atoms with van der Waals surface area (Å²) < 4.78 is 5.45. The summed E-state index contributed by atoms with van der Waals surface area (Å²) >= 11 is 0. The standard InChI is InChI=1S/C24H32N2O3/c1-18(2)9-10-21-17-19(3)22(24(28)29-21)23(27)26-15-13-25(14-16-26)12-11-20-7-5-4-6-8-20/h4-8,17-18H,9-16H2,1-3H3. The first-order chi connectivity index (χ1) is 13.9. The number of nitrogens with zero attached hydrogens (tertiary/aromatic N) is 2. The zero-order chi connectivity index (χ0) is 20.8. The Morgan fingerprint density at radius 3 is 2.38 bits per heavy atom. The average Bonchev–Trinajstić information content (AvgIpc) is 2.71. The van der Waals surface area contributed by atoms with Crippen molar-refractivity contribution in [3.63, 3.8) is 0 Å². The molecule has 1 saturated heterocycles. The van der Waals surface area contributed by atoms with Crippen LogP contribution >= 0.6 is 0 Å². The molecule has 0 radical (unpaired) electrons. The molecule has 1 fully saturated rings. The Balaban J connectivity index is 1.57. The van der Waals surface area contributed by atoms with Crippen molar-refractivity contribution in [3.8, 4) is 0 Å². The van der Waals surface area contributed by atoms with Gasteiger partial charge in [-0.1, -0.05) is 44.2 Å². The van der Waals surface area contributed by atoms with Gasteiger partial charge in [-0.15, -0.1) is 0 Å². The molecule has 1 aromatic heterocycles. The van der Waals surface area contributed by atoms with E-state index in [9.17, 15) is 9.59 Å². The number of hydrogen-bond donors (Lipinski definition) is 0. The van der Waals surface area contributed by atoms with Crippen molar-refractivity contribution in [2.45, 2.75) is 40.0 Å². The van der Waals surface area contributed by atoms with Crippen molar-refractivity contribution in [2.75, 3.05) is 32.7 Å². The fraction of sp³-hybridized carbons (Fsp3) is 0.500. The van der Waals surface area contributed by atoms with Crippen LogP contribution in [0, 0.1) is 12.8 Å². The molecule has 0 N–H and O–H groups in total. The fourth-order valence-corrected chi connectivity index (χ4v) is 3.75. The van der Waals surface area contributed by atoms with Crippen LogP contribution in [-0.2, 0) is 12.8 Å². The van der Waals surface area contributed by atoms with Gasteiger partial charge in [0.2, 0.25) is 0 Å². The van der Waals surface area contributed by atoms with E-state index in [2.05, 4.69) is 43.0 Å². The number of benzene rings is 1. The van der Waals surface area contributed by atoms with Crippen molar-refractivity contribution in [3.05, 3.63) is 69.3 Å². The summed E-state index contributed by atoms with van der Waals surface area (Å²) in [5, 5.41) is 0. The Kier molecular flexibility index (Phi) is 7.26. The SMILES string of the molecule is Cc1cc(CCC(C)C)oc(=O)c1C(=O)N1CCN(CCc2ccccc2)CC1. The molecule has 0 atom stereocenters. The van der Waals surface area contributed by atoms with E-state index in [0.29, 0.717) is 24.8 Å². The third kappa shape index (κ3) is 5.80. The molecule has 29 heavy (non-hydrogen) atoms. The molecule has 0 bridgehead atoms. The minimum atomic E-state index is -0.500. The van der Waals surface area contributed by atoms with Gasteiger partial charge in [0.05, 0.1) is 0 Å². The first kappa shape index (κ1) is 21.3. The largest absolute Gasteiger partial charge is 0.427 e. The monoisotopic (exact) mass is 396 g/mol. The number of rotatable bonds is 7. The van der Waals surface area contributed by atoms with Crippen LogP contribution in [-0.4, -0.2) is 48.4 Å². The van der Waals surface area contributed by atoms with Crippen molar-refractivity contribution in [2.24, 2.45) is 5.92 Å². The lowest BCUT2D eigenvalue weighted by Gasteiger charge is -2.34. The van der Waals surface area contributed by atoms with Crippen LogP contribution in [0.15, 0.2) is 45.6 Å². The van der Waals surface area contributed by atoms with Gasteiger partial charge in [0.1, 0.15) is 11.3 Å².